The molecular weight excluding hydrogens is 667 g/mol. The molecule has 1 unspecified atom stereocenters. The normalized spacial score (nSPS) is 31.9. The van der Waals surface area contributed by atoms with Gasteiger partial charge in [0.1, 0.15) is 5.75 Å². The minimum absolute atomic E-state index is 0.159. The highest BCUT2D eigenvalue weighted by molar-refractivity contribution is 7.84. The molecule has 2 heterocycles. The molecule has 1 aromatic carbocycles. The van der Waals surface area contributed by atoms with E-state index in [1.807, 2.05) is 12.1 Å². The third kappa shape index (κ3) is 7.99. The molecule has 0 aromatic heterocycles. The van der Waals surface area contributed by atoms with E-state index in [1.165, 1.54) is 5.56 Å². The number of piperidine rings is 1. The first-order valence-corrected chi connectivity index (χ1v) is 19.6. The highest BCUT2D eigenvalue weighted by atomic mass is 32.2. The van der Waals surface area contributed by atoms with Crippen molar-refractivity contribution in [2.24, 2.45) is 23.2 Å². The SMILES string of the molecule is C[C@]12CC[C@@H]3c4ccc(OC(=O)N5CCC(N6CCOCC6)CC5)cc4C[C@@H](CCCS(=O)CCCC(F)(F)C(F)(F)F)[C@H]3[C@@H]1CC[C@@H]2O. The Morgan fingerprint density at radius 3 is 2.45 bits per heavy atom. The van der Waals surface area contributed by atoms with Crippen LogP contribution in [0.15, 0.2) is 18.2 Å². The van der Waals surface area contributed by atoms with E-state index >= 15 is 0 Å². The second-order valence-corrected chi connectivity index (χ2v) is 17.0. The predicted octanol–water partition coefficient (Wildman–Crippen LogP) is 6.93. The van der Waals surface area contributed by atoms with Gasteiger partial charge >= 0.3 is 18.2 Å². The number of aliphatic hydroxyl groups is 1. The standard InChI is InChI=1S/C36H51F5N2O5S/c1-34-13-9-29-28-6-5-27(48-33(45)43-14-10-26(11-15-43)42-16-18-47-19-17-42)23-25(28)22-24(32(29)30(34)7-8-31(34)44)4-2-20-49(46)21-3-12-35(37,38)36(39,40)41/h5-6,23-24,26,29-32,44H,2-4,7-22H2,1H3/t24-,29-,30+,31+,32-,34+,49?/m1/s1. The van der Waals surface area contributed by atoms with Gasteiger partial charge in [0.05, 0.1) is 19.3 Å². The molecule has 2 aliphatic heterocycles. The molecule has 0 radical (unpaired) electrons. The van der Waals surface area contributed by atoms with Crippen LogP contribution in [0.1, 0.15) is 88.2 Å². The van der Waals surface area contributed by atoms with Crippen LogP contribution in [0.3, 0.4) is 0 Å². The zero-order chi connectivity index (χ0) is 35.0. The topological polar surface area (TPSA) is 79.3 Å². The predicted molar refractivity (Wildman–Crippen MR) is 176 cm³/mol. The number of carbonyl (C=O) groups excluding carboxylic acids is 1. The second-order valence-electron chi connectivity index (χ2n) is 15.3. The van der Waals surface area contributed by atoms with Gasteiger partial charge in [-0.15, -0.1) is 0 Å². The number of hydrogen-bond donors (Lipinski definition) is 1. The number of likely N-dealkylation sites (tertiary alicyclic amines) is 1. The third-order valence-electron chi connectivity index (χ3n) is 12.5. The Morgan fingerprint density at radius 2 is 1.73 bits per heavy atom. The van der Waals surface area contributed by atoms with Crippen LogP contribution in [0.4, 0.5) is 26.7 Å². The summed E-state index contributed by atoms with van der Waals surface area (Å²) >= 11 is 0. The third-order valence-corrected chi connectivity index (χ3v) is 14.0. The van der Waals surface area contributed by atoms with E-state index in [4.69, 9.17) is 9.47 Å². The Hall–Kier alpha value is -1.83. The fourth-order valence-corrected chi connectivity index (χ4v) is 11.0. The number of alkyl halides is 5. The van der Waals surface area contributed by atoms with Gasteiger partial charge < -0.3 is 19.5 Å². The van der Waals surface area contributed by atoms with E-state index in [0.29, 0.717) is 43.1 Å². The van der Waals surface area contributed by atoms with E-state index in [-0.39, 0.29) is 41.0 Å². The first-order chi connectivity index (χ1) is 23.3. The zero-order valence-electron chi connectivity index (χ0n) is 28.4. The molecule has 1 N–H and O–H groups in total. The summed E-state index contributed by atoms with van der Waals surface area (Å²) in [5.74, 6) is -3.00. The number of aliphatic hydroxyl groups excluding tert-OH is 1. The van der Waals surface area contributed by atoms with Crippen molar-refractivity contribution in [1.82, 2.24) is 9.80 Å². The van der Waals surface area contributed by atoms with Gasteiger partial charge in [0.25, 0.3) is 0 Å². The van der Waals surface area contributed by atoms with Crippen molar-refractivity contribution in [3.8, 4) is 5.75 Å². The molecule has 3 aliphatic carbocycles. The van der Waals surface area contributed by atoms with Gasteiger partial charge in [-0.3, -0.25) is 9.11 Å². The number of amides is 1. The molecule has 7 atom stereocenters. The van der Waals surface area contributed by atoms with Crippen molar-refractivity contribution >= 4 is 16.9 Å². The highest BCUT2D eigenvalue weighted by Gasteiger charge is 2.57. The fourth-order valence-electron chi connectivity index (χ4n) is 9.81. The Labute approximate surface area is 288 Å². The van der Waals surface area contributed by atoms with Crippen LogP contribution in [0, 0.1) is 23.2 Å². The number of ether oxygens (including phenoxy) is 2. The van der Waals surface area contributed by atoms with Gasteiger partial charge in [-0.1, -0.05) is 13.0 Å². The number of fused-ring (bicyclic) bond motifs is 5. The molecule has 5 aliphatic rings. The van der Waals surface area contributed by atoms with Crippen molar-refractivity contribution in [2.75, 3.05) is 50.9 Å². The molecular formula is C36H51F5N2O5S. The zero-order valence-corrected chi connectivity index (χ0v) is 29.2. The highest BCUT2D eigenvalue weighted by Crippen LogP contribution is 2.62. The number of halogens is 5. The Morgan fingerprint density at radius 1 is 1.02 bits per heavy atom. The van der Waals surface area contributed by atoms with Crippen LogP contribution in [-0.4, -0.2) is 100 Å². The van der Waals surface area contributed by atoms with Crippen molar-refractivity contribution in [3.63, 3.8) is 0 Å². The minimum Gasteiger partial charge on any atom is -0.410 e. The summed E-state index contributed by atoms with van der Waals surface area (Å²) in [4.78, 5) is 17.4. The molecule has 2 saturated heterocycles. The molecule has 49 heavy (non-hydrogen) atoms. The Bertz CT molecular complexity index is 1340. The number of rotatable bonds is 10. The summed E-state index contributed by atoms with van der Waals surface area (Å²) in [6.07, 6.45) is -0.612. The molecule has 1 amide bonds. The first-order valence-electron chi connectivity index (χ1n) is 18.2. The number of benzene rings is 1. The molecule has 0 spiro atoms. The summed E-state index contributed by atoms with van der Waals surface area (Å²) in [5, 5.41) is 11.0. The number of carbonyl (C=O) groups is 1. The number of nitrogens with zero attached hydrogens (tertiary/aromatic N) is 2. The maximum Gasteiger partial charge on any atom is 0.453 e. The van der Waals surface area contributed by atoms with Gasteiger partial charge in [-0.25, -0.2) is 4.79 Å². The van der Waals surface area contributed by atoms with Crippen molar-refractivity contribution in [3.05, 3.63) is 29.3 Å². The number of hydrogen-bond acceptors (Lipinski definition) is 6. The number of morpholine rings is 1. The van der Waals surface area contributed by atoms with Crippen LogP contribution in [0.2, 0.25) is 0 Å². The average Bonchev–Trinajstić information content (AvgIpc) is 3.38. The van der Waals surface area contributed by atoms with Gasteiger partial charge in [0, 0.05) is 60.9 Å². The van der Waals surface area contributed by atoms with Crippen LogP contribution in [0.5, 0.6) is 5.75 Å². The van der Waals surface area contributed by atoms with Crippen molar-refractivity contribution in [2.45, 2.75) is 108 Å². The summed E-state index contributed by atoms with van der Waals surface area (Å²) in [7, 11) is -1.49. The van der Waals surface area contributed by atoms with Crippen LogP contribution >= 0.6 is 0 Å². The lowest BCUT2D eigenvalue weighted by Gasteiger charge is -2.53. The minimum atomic E-state index is -5.59. The van der Waals surface area contributed by atoms with Gasteiger partial charge in [0.15, 0.2) is 0 Å². The Balaban J connectivity index is 1.09. The molecule has 6 rings (SSSR count). The average molecular weight is 719 g/mol. The molecule has 13 heteroatoms. The smallest absolute Gasteiger partial charge is 0.410 e. The molecule has 4 fully saturated rings. The monoisotopic (exact) mass is 718 g/mol. The summed E-state index contributed by atoms with van der Waals surface area (Å²) in [6, 6.07) is 6.46. The summed E-state index contributed by atoms with van der Waals surface area (Å²) in [5.41, 5.74) is 2.25. The van der Waals surface area contributed by atoms with Crippen LogP contribution in [0.25, 0.3) is 0 Å². The largest absolute Gasteiger partial charge is 0.453 e. The van der Waals surface area contributed by atoms with E-state index < -0.39 is 35.7 Å². The fraction of sp³-hybridized carbons (Fsp3) is 0.806. The van der Waals surface area contributed by atoms with Crippen LogP contribution in [-0.2, 0) is 22.0 Å². The van der Waals surface area contributed by atoms with Gasteiger partial charge in [0.2, 0.25) is 0 Å². The van der Waals surface area contributed by atoms with Crippen molar-refractivity contribution < 1.29 is 45.5 Å². The summed E-state index contributed by atoms with van der Waals surface area (Å²) < 4.78 is 88.2. The molecule has 276 valence electrons. The van der Waals surface area contributed by atoms with E-state index in [2.05, 4.69) is 17.9 Å². The van der Waals surface area contributed by atoms with Crippen LogP contribution < -0.4 is 4.74 Å². The lowest BCUT2D eigenvalue weighted by molar-refractivity contribution is -0.284. The first kappa shape index (κ1) is 36.9. The molecule has 2 saturated carbocycles. The molecule has 7 nitrogen and oxygen atoms in total. The second kappa shape index (κ2) is 15.0. The lowest BCUT2D eigenvalue weighted by atomic mass is 9.52. The van der Waals surface area contributed by atoms with Gasteiger partial charge in [-0.2, -0.15) is 22.0 Å². The Kier molecular flexibility index (Phi) is 11.3. The van der Waals surface area contributed by atoms with Gasteiger partial charge in [-0.05, 0) is 117 Å². The quantitative estimate of drug-likeness (QED) is 0.265. The van der Waals surface area contributed by atoms with E-state index in [9.17, 15) is 36.1 Å². The van der Waals surface area contributed by atoms with E-state index in [0.717, 1.165) is 83.2 Å². The maximum absolute atomic E-state index is 13.3. The molecule has 1 aromatic rings. The summed E-state index contributed by atoms with van der Waals surface area (Å²) in [6.45, 7) is 6.86. The van der Waals surface area contributed by atoms with E-state index in [1.54, 1.807) is 4.90 Å². The molecule has 0 bridgehead atoms. The maximum atomic E-state index is 13.3. The van der Waals surface area contributed by atoms with Crippen molar-refractivity contribution in [1.29, 1.82) is 0 Å². The lowest BCUT2D eigenvalue weighted by Crippen LogP contribution is -2.50.